The van der Waals surface area contributed by atoms with Crippen LogP contribution >= 0.6 is 0 Å². The molecular formula is C19H31N2O+. The zero-order valence-corrected chi connectivity index (χ0v) is 14.2. The van der Waals surface area contributed by atoms with E-state index in [-0.39, 0.29) is 18.0 Å². The zero-order chi connectivity index (χ0) is 16.1. The third-order valence-electron chi connectivity index (χ3n) is 5.06. The van der Waals surface area contributed by atoms with E-state index in [1.165, 1.54) is 43.2 Å². The molecule has 122 valence electrons. The van der Waals surface area contributed by atoms with E-state index in [2.05, 4.69) is 43.4 Å². The van der Waals surface area contributed by atoms with Gasteiger partial charge in [-0.1, -0.05) is 57.4 Å². The van der Waals surface area contributed by atoms with Crippen molar-refractivity contribution in [3.63, 3.8) is 0 Å². The lowest BCUT2D eigenvalue weighted by Gasteiger charge is -2.24. The Labute approximate surface area is 134 Å². The molecule has 2 rings (SSSR count). The average molecular weight is 303 g/mol. The Morgan fingerprint density at radius 3 is 2.18 bits per heavy atom. The molecule has 3 nitrogen and oxygen atoms in total. The second kappa shape index (κ2) is 7.77. The molecule has 1 fully saturated rings. The molecule has 0 radical (unpaired) electrons. The van der Waals surface area contributed by atoms with Gasteiger partial charge in [0.05, 0.1) is 0 Å². The third-order valence-corrected chi connectivity index (χ3v) is 5.06. The molecule has 1 aromatic rings. The van der Waals surface area contributed by atoms with Gasteiger partial charge in [0.2, 0.25) is 0 Å². The van der Waals surface area contributed by atoms with E-state index in [4.69, 9.17) is 5.73 Å². The summed E-state index contributed by atoms with van der Waals surface area (Å²) in [4.78, 5) is 11.3. The van der Waals surface area contributed by atoms with Crippen molar-refractivity contribution in [3.8, 4) is 0 Å². The van der Waals surface area contributed by atoms with Crippen molar-refractivity contribution < 1.29 is 10.1 Å². The summed E-state index contributed by atoms with van der Waals surface area (Å²) in [5, 5.41) is 2.10. The number of carbonyl (C=O) groups excluding carboxylic acids is 1. The standard InChI is InChI=1S/C19H30N2O/c1-13(2)18(21-14(3)19(20)22)17-11-9-16(10-12-17)15-7-5-4-6-8-15/h9-15,18,21H,4-8H2,1-3H3,(H2,20,22)/p+1/t14-,18-/m0/s1. The Bertz CT molecular complexity index is 475. The molecule has 1 aliphatic rings. The molecule has 0 unspecified atom stereocenters. The Kier molecular flexibility index (Phi) is 6.01. The van der Waals surface area contributed by atoms with E-state index < -0.39 is 0 Å². The van der Waals surface area contributed by atoms with Crippen LogP contribution in [0.25, 0.3) is 0 Å². The molecule has 1 saturated carbocycles. The summed E-state index contributed by atoms with van der Waals surface area (Å²) in [6, 6.07) is 9.18. The van der Waals surface area contributed by atoms with Crippen molar-refractivity contribution in [2.75, 3.05) is 0 Å². The van der Waals surface area contributed by atoms with Crippen LogP contribution in [-0.4, -0.2) is 11.9 Å². The molecule has 0 spiro atoms. The van der Waals surface area contributed by atoms with Gasteiger partial charge in [0, 0.05) is 11.5 Å². The van der Waals surface area contributed by atoms with Gasteiger partial charge in [0.25, 0.3) is 5.91 Å². The predicted molar refractivity (Wildman–Crippen MR) is 90.4 cm³/mol. The van der Waals surface area contributed by atoms with Gasteiger partial charge in [-0.05, 0) is 31.2 Å². The van der Waals surface area contributed by atoms with Gasteiger partial charge in [-0.2, -0.15) is 0 Å². The minimum atomic E-state index is -0.246. The maximum absolute atomic E-state index is 11.3. The molecule has 0 heterocycles. The van der Waals surface area contributed by atoms with Crippen molar-refractivity contribution >= 4 is 5.91 Å². The van der Waals surface area contributed by atoms with Crippen molar-refractivity contribution in [1.29, 1.82) is 0 Å². The number of quaternary nitrogens is 1. The first-order valence-electron chi connectivity index (χ1n) is 8.73. The van der Waals surface area contributed by atoms with Crippen LogP contribution in [0.4, 0.5) is 0 Å². The first-order valence-corrected chi connectivity index (χ1v) is 8.73. The van der Waals surface area contributed by atoms with E-state index in [1.807, 2.05) is 6.92 Å². The van der Waals surface area contributed by atoms with Gasteiger partial charge in [-0.15, -0.1) is 0 Å². The number of hydrogen-bond acceptors (Lipinski definition) is 1. The second-order valence-electron chi connectivity index (χ2n) is 7.15. The molecule has 3 heteroatoms. The number of hydrogen-bond donors (Lipinski definition) is 2. The van der Waals surface area contributed by atoms with Gasteiger partial charge in [0.15, 0.2) is 6.04 Å². The van der Waals surface area contributed by atoms with E-state index in [9.17, 15) is 4.79 Å². The summed E-state index contributed by atoms with van der Waals surface area (Å²) in [5.74, 6) is 0.959. The molecule has 0 aromatic heterocycles. The first kappa shape index (κ1) is 17.0. The predicted octanol–water partition coefficient (Wildman–Crippen LogP) is 2.87. The van der Waals surface area contributed by atoms with Gasteiger partial charge >= 0.3 is 0 Å². The maximum Gasteiger partial charge on any atom is 0.275 e. The Hall–Kier alpha value is -1.35. The Balaban J connectivity index is 2.09. The smallest absolute Gasteiger partial charge is 0.275 e. The molecular weight excluding hydrogens is 272 g/mol. The van der Waals surface area contributed by atoms with Crippen LogP contribution in [0, 0.1) is 5.92 Å². The summed E-state index contributed by atoms with van der Waals surface area (Å²) >= 11 is 0. The largest absolute Gasteiger partial charge is 0.365 e. The molecule has 2 atom stereocenters. The number of nitrogens with two attached hydrogens (primary N) is 2. The van der Waals surface area contributed by atoms with Crippen LogP contribution < -0.4 is 11.1 Å². The number of amides is 1. The molecule has 0 bridgehead atoms. The fourth-order valence-electron chi connectivity index (χ4n) is 3.55. The topological polar surface area (TPSA) is 59.7 Å². The average Bonchev–Trinajstić information content (AvgIpc) is 2.53. The molecule has 1 amide bonds. The first-order chi connectivity index (χ1) is 10.5. The van der Waals surface area contributed by atoms with Crippen LogP contribution in [0.1, 0.15) is 76.0 Å². The van der Waals surface area contributed by atoms with Crippen LogP contribution in [0.2, 0.25) is 0 Å². The van der Waals surface area contributed by atoms with E-state index in [0.29, 0.717) is 5.92 Å². The fourth-order valence-corrected chi connectivity index (χ4v) is 3.55. The highest BCUT2D eigenvalue weighted by atomic mass is 16.1. The third kappa shape index (κ3) is 4.33. The van der Waals surface area contributed by atoms with E-state index in [0.717, 1.165) is 5.92 Å². The van der Waals surface area contributed by atoms with Crippen molar-refractivity contribution in [2.24, 2.45) is 11.7 Å². The number of rotatable bonds is 6. The normalized spacial score (nSPS) is 19.1. The quantitative estimate of drug-likeness (QED) is 0.834. The minimum Gasteiger partial charge on any atom is -0.365 e. The van der Waals surface area contributed by atoms with Gasteiger partial charge in [-0.25, -0.2) is 0 Å². The van der Waals surface area contributed by atoms with Gasteiger partial charge < -0.3 is 11.1 Å². The van der Waals surface area contributed by atoms with Crippen molar-refractivity contribution in [3.05, 3.63) is 35.4 Å². The zero-order valence-electron chi connectivity index (χ0n) is 14.2. The highest BCUT2D eigenvalue weighted by Crippen LogP contribution is 2.33. The van der Waals surface area contributed by atoms with Gasteiger partial charge in [-0.3, -0.25) is 4.79 Å². The highest BCUT2D eigenvalue weighted by Gasteiger charge is 2.25. The fraction of sp³-hybridized carbons (Fsp3) is 0.632. The molecule has 1 aliphatic carbocycles. The SMILES string of the molecule is CC(C)[C@H]([NH2+][C@@H](C)C(N)=O)c1ccc(C2CCCCC2)cc1. The number of benzene rings is 1. The lowest BCUT2D eigenvalue weighted by Crippen LogP contribution is -2.93. The second-order valence-corrected chi connectivity index (χ2v) is 7.15. The monoisotopic (exact) mass is 303 g/mol. The maximum atomic E-state index is 11.3. The van der Waals surface area contributed by atoms with Crippen LogP contribution in [0.3, 0.4) is 0 Å². The lowest BCUT2D eigenvalue weighted by molar-refractivity contribution is -0.719. The molecule has 0 aliphatic heterocycles. The summed E-state index contributed by atoms with van der Waals surface area (Å²) in [7, 11) is 0. The molecule has 1 aromatic carbocycles. The summed E-state index contributed by atoms with van der Waals surface area (Å²) in [6.45, 7) is 6.28. The van der Waals surface area contributed by atoms with Crippen LogP contribution in [0.5, 0.6) is 0 Å². The summed E-state index contributed by atoms with van der Waals surface area (Å²) in [6.07, 6.45) is 6.79. The van der Waals surface area contributed by atoms with Crippen LogP contribution in [-0.2, 0) is 4.79 Å². The Morgan fingerprint density at radius 1 is 1.09 bits per heavy atom. The van der Waals surface area contributed by atoms with Gasteiger partial charge in [0.1, 0.15) is 6.04 Å². The Morgan fingerprint density at radius 2 is 1.68 bits per heavy atom. The lowest BCUT2D eigenvalue weighted by atomic mass is 9.83. The summed E-state index contributed by atoms with van der Waals surface area (Å²) < 4.78 is 0. The molecule has 0 saturated heterocycles. The molecule has 22 heavy (non-hydrogen) atoms. The summed E-state index contributed by atoms with van der Waals surface area (Å²) in [5.41, 5.74) is 8.19. The van der Waals surface area contributed by atoms with E-state index in [1.54, 1.807) is 0 Å². The number of carbonyl (C=O) groups is 1. The molecule has 4 N–H and O–H groups in total. The van der Waals surface area contributed by atoms with E-state index >= 15 is 0 Å². The highest BCUT2D eigenvalue weighted by molar-refractivity contribution is 5.77. The van der Waals surface area contributed by atoms with Crippen molar-refractivity contribution in [1.82, 2.24) is 0 Å². The minimum absolute atomic E-state index is 0.189. The van der Waals surface area contributed by atoms with Crippen molar-refractivity contribution in [2.45, 2.75) is 70.9 Å². The number of primary amides is 1. The van der Waals surface area contributed by atoms with Crippen LogP contribution in [0.15, 0.2) is 24.3 Å².